The molecule has 1 aromatic heterocycles. The minimum absolute atomic E-state index is 0.0816. The predicted octanol–water partition coefficient (Wildman–Crippen LogP) is 6.02. The minimum Gasteiger partial charge on any atom is -0.318 e. The molecule has 9 heteroatoms. The van der Waals surface area contributed by atoms with Crippen molar-refractivity contribution in [3.63, 3.8) is 0 Å². The average molecular weight is 563 g/mol. The highest BCUT2D eigenvalue weighted by molar-refractivity contribution is 7.92. The molecule has 0 radical (unpaired) electrons. The van der Waals surface area contributed by atoms with Gasteiger partial charge in [-0.1, -0.05) is 35.4 Å². The third-order valence-electron chi connectivity index (χ3n) is 6.34. The van der Waals surface area contributed by atoms with Crippen LogP contribution in [0, 0.1) is 34.6 Å². The Bertz CT molecular complexity index is 1620. The summed E-state index contributed by atoms with van der Waals surface area (Å²) < 4.78 is 30.2. The Hall–Kier alpha value is -3.88. The first-order chi connectivity index (χ1) is 18.5. The number of nitrogens with one attached hydrogen (secondary N) is 1. The molecule has 0 spiro atoms. The number of aryl methyl sites for hydroxylation is 4. The fourth-order valence-corrected chi connectivity index (χ4v) is 6.04. The van der Waals surface area contributed by atoms with Crippen LogP contribution in [0.2, 0.25) is 5.02 Å². The summed E-state index contributed by atoms with van der Waals surface area (Å²) in [7, 11) is -4.03. The van der Waals surface area contributed by atoms with Crippen molar-refractivity contribution in [3.8, 4) is 5.69 Å². The van der Waals surface area contributed by atoms with Crippen LogP contribution in [0.4, 0.5) is 5.69 Å². The van der Waals surface area contributed by atoms with Gasteiger partial charge in [0.2, 0.25) is 0 Å². The van der Waals surface area contributed by atoms with Gasteiger partial charge in [-0.25, -0.2) is 13.8 Å². The fourth-order valence-electron chi connectivity index (χ4n) is 4.49. The largest absolute Gasteiger partial charge is 0.318 e. The minimum atomic E-state index is -4.03. The van der Waals surface area contributed by atoms with Crippen molar-refractivity contribution in [2.24, 2.45) is 5.10 Å². The molecule has 0 unspecified atom stereocenters. The van der Waals surface area contributed by atoms with E-state index in [1.165, 1.54) is 23.3 Å². The highest BCUT2D eigenvalue weighted by Gasteiger charge is 2.27. The van der Waals surface area contributed by atoms with Crippen LogP contribution in [0.5, 0.6) is 0 Å². The first-order valence-electron chi connectivity index (χ1n) is 12.4. The standard InChI is InChI=1S/C30H31ClN4O3S/c1-20-6-12-29(13-7-20)39(37,38)34(27-10-8-26(31)9-11-27)19-30(36)33-32-18-25-17-23(4)35(24(25)5)28-15-21(2)14-22(3)16-28/h6-18H,19H2,1-5H3,(H,33,36)/b32-18-. The first-order valence-corrected chi connectivity index (χ1v) is 14.2. The Morgan fingerprint density at radius 2 is 1.51 bits per heavy atom. The molecule has 0 saturated heterocycles. The zero-order chi connectivity index (χ0) is 28.3. The van der Waals surface area contributed by atoms with Crippen molar-refractivity contribution in [3.05, 3.63) is 111 Å². The van der Waals surface area contributed by atoms with Crippen molar-refractivity contribution in [1.29, 1.82) is 0 Å². The van der Waals surface area contributed by atoms with Gasteiger partial charge in [0, 0.05) is 27.7 Å². The van der Waals surface area contributed by atoms with Crippen LogP contribution in [0.25, 0.3) is 5.69 Å². The lowest BCUT2D eigenvalue weighted by atomic mass is 10.1. The van der Waals surface area contributed by atoms with E-state index in [0.717, 1.165) is 32.5 Å². The number of carbonyl (C=O) groups is 1. The van der Waals surface area contributed by atoms with Crippen molar-refractivity contribution in [2.75, 3.05) is 10.8 Å². The maximum Gasteiger partial charge on any atom is 0.264 e. The highest BCUT2D eigenvalue weighted by atomic mass is 35.5. The van der Waals surface area contributed by atoms with Gasteiger partial charge >= 0.3 is 0 Å². The molecule has 0 saturated carbocycles. The molecule has 0 fully saturated rings. The number of anilines is 1. The van der Waals surface area contributed by atoms with Gasteiger partial charge < -0.3 is 4.57 Å². The molecule has 3 aromatic carbocycles. The number of hydrogen-bond acceptors (Lipinski definition) is 4. The fraction of sp³-hybridized carbons (Fsp3) is 0.200. The molecule has 7 nitrogen and oxygen atoms in total. The molecule has 1 amide bonds. The molecule has 4 aromatic rings. The summed E-state index contributed by atoms with van der Waals surface area (Å²) in [5.74, 6) is -0.583. The first kappa shape index (κ1) is 28.1. The van der Waals surface area contributed by atoms with Gasteiger partial charge in [0.25, 0.3) is 15.9 Å². The number of aromatic nitrogens is 1. The van der Waals surface area contributed by atoms with Crippen molar-refractivity contribution < 1.29 is 13.2 Å². The molecule has 1 heterocycles. The molecule has 0 aliphatic rings. The number of sulfonamides is 1. The zero-order valence-electron chi connectivity index (χ0n) is 22.6. The summed E-state index contributed by atoms with van der Waals surface area (Å²) in [5, 5.41) is 4.59. The second-order valence-electron chi connectivity index (χ2n) is 9.60. The van der Waals surface area contributed by atoms with Crippen molar-refractivity contribution in [2.45, 2.75) is 39.5 Å². The van der Waals surface area contributed by atoms with Crippen LogP contribution in [-0.4, -0.2) is 31.7 Å². The molecular weight excluding hydrogens is 532 g/mol. The number of rotatable bonds is 8. The molecule has 4 rings (SSSR count). The average Bonchev–Trinajstić information content (AvgIpc) is 3.15. The molecule has 1 N–H and O–H groups in total. The van der Waals surface area contributed by atoms with Gasteiger partial charge in [0.05, 0.1) is 16.8 Å². The molecule has 0 bridgehead atoms. The van der Waals surface area contributed by atoms with Crippen LogP contribution in [0.1, 0.15) is 33.6 Å². The summed E-state index contributed by atoms with van der Waals surface area (Å²) >= 11 is 6.01. The molecule has 0 atom stereocenters. The quantitative estimate of drug-likeness (QED) is 0.210. The number of amides is 1. The van der Waals surface area contributed by atoms with Crippen molar-refractivity contribution in [1.82, 2.24) is 9.99 Å². The van der Waals surface area contributed by atoms with Crippen LogP contribution in [0.3, 0.4) is 0 Å². The second kappa shape index (κ2) is 11.5. The smallest absolute Gasteiger partial charge is 0.264 e. The molecule has 39 heavy (non-hydrogen) atoms. The van der Waals surface area contributed by atoms with E-state index in [2.05, 4.69) is 47.1 Å². The zero-order valence-corrected chi connectivity index (χ0v) is 24.1. The highest BCUT2D eigenvalue weighted by Crippen LogP contribution is 2.26. The van der Waals surface area contributed by atoms with Gasteiger partial charge in [0.15, 0.2) is 0 Å². The number of carbonyl (C=O) groups excluding carboxylic acids is 1. The van der Waals surface area contributed by atoms with Crippen LogP contribution < -0.4 is 9.73 Å². The van der Waals surface area contributed by atoms with Crippen molar-refractivity contribution >= 4 is 39.4 Å². The monoisotopic (exact) mass is 562 g/mol. The number of benzene rings is 3. The maximum atomic E-state index is 13.5. The summed E-state index contributed by atoms with van der Waals surface area (Å²) in [6.45, 7) is 9.55. The van der Waals surface area contributed by atoms with E-state index in [1.807, 2.05) is 26.8 Å². The number of halogens is 1. The van der Waals surface area contributed by atoms with Gasteiger partial charge in [-0.15, -0.1) is 0 Å². The Morgan fingerprint density at radius 3 is 2.13 bits per heavy atom. The molecular formula is C30H31ClN4O3S. The second-order valence-corrected chi connectivity index (χ2v) is 11.9. The topological polar surface area (TPSA) is 83.8 Å². The number of hydrazone groups is 1. The molecule has 0 aliphatic carbocycles. The lowest BCUT2D eigenvalue weighted by molar-refractivity contribution is -0.119. The third-order valence-corrected chi connectivity index (χ3v) is 8.38. The number of hydrogen-bond donors (Lipinski definition) is 1. The Kier molecular flexibility index (Phi) is 8.28. The normalized spacial score (nSPS) is 11.6. The molecule has 202 valence electrons. The van der Waals surface area contributed by atoms with Gasteiger partial charge in [-0.2, -0.15) is 5.10 Å². The Labute approximate surface area is 234 Å². The van der Waals surface area contributed by atoms with Crippen LogP contribution in [0.15, 0.2) is 82.8 Å². The van der Waals surface area contributed by atoms with E-state index in [4.69, 9.17) is 11.6 Å². The summed E-state index contributed by atoms with van der Waals surface area (Å²) in [5.41, 5.74) is 9.97. The van der Waals surface area contributed by atoms with E-state index in [0.29, 0.717) is 10.7 Å². The van der Waals surface area contributed by atoms with E-state index in [9.17, 15) is 13.2 Å². The molecule has 0 aliphatic heterocycles. The Balaban J connectivity index is 1.56. The lowest BCUT2D eigenvalue weighted by Gasteiger charge is -2.23. The van der Waals surface area contributed by atoms with E-state index in [1.54, 1.807) is 42.6 Å². The van der Waals surface area contributed by atoms with Crippen LogP contribution in [-0.2, 0) is 14.8 Å². The van der Waals surface area contributed by atoms with E-state index >= 15 is 0 Å². The predicted molar refractivity (Wildman–Crippen MR) is 158 cm³/mol. The third kappa shape index (κ3) is 6.41. The van der Waals surface area contributed by atoms with E-state index < -0.39 is 22.5 Å². The summed E-state index contributed by atoms with van der Waals surface area (Å²) in [6, 6.07) is 21.1. The van der Waals surface area contributed by atoms with Gasteiger partial charge in [0.1, 0.15) is 6.54 Å². The van der Waals surface area contributed by atoms with Gasteiger partial charge in [-0.05, 0) is 100 Å². The van der Waals surface area contributed by atoms with Crippen LogP contribution >= 0.6 is 11.6 Å². The van der Waals surface area contributed by atoms with E-state index in [-0.39, 0.29) is 4.90 Å². The maximum absolute atomic E-state index is 13.5. The summed E-state index contributed by atoms with van der Waals surface area (Å²) in [6.07, 6.45) is 1.57. The summed E-state index contributed by atoms with van der Waals surface area (Å²) in [4.78, 5) is 13.0. The Morgan fingerprint density at radius 1 is 0.897 bits per heavy atom. The lowest BCUT2D eigenvalue weighted by Crippen LogP contribution is -2.39. The van der Waals surface area contributed by atoms with Gasteiger partial charge in [-0.3, -0.25) is 9.10 Å². The number of nitrogens with zero attached hydrogens (tertiary/aromatic N) is 3. The SMILES string of the molecule is Cc1ccc(S(=O)(=O)N(CC(=O)N/N=C\c2cc(C)n(-c3cc(C)cc(C)c3)c2C)c2ccc(Cl)cc2)cc1.